The van der Waals surface area contributed by atoms with Gasteiger partial charge in [0.15, 0.2) is 5.84 Å². The van der Waals surface area contributed by atoms with Crippen LogP contribution < -0.4 is 10.6 Å². The van der Waals surface area contributed by atoms with Crippen LogP contribution in [0.2, 0.25) is 0 Å². The van der Waals surface area contributed by atoms with Gasteiger partial charge in [-0.3, -0.25) is 9.88 Å². The SMILES string of the molecule is CC(C)(O)CN1CCN(c2cnccc2/C(N)=N/O)CC1. The van der Waals surface area contributed by atoms with Gasteiger partial charge in [0.25, 0.3) is 0 Å². The number of piperazine rings is 1. The Hall–Kier alpha value is -1.86. The molecule has 7 nitrogen and oxygen atoms in total. The Balaban J connectivity index is 2.06. The summed E-state index contributed by atoms with van der Waals surface area (Å²) in [6.45, 7) is 7.62. The maximum atomic E-state index is 9.88. The van der Waals surface area contributed by atoms with Crippen LogP contribution >= 0.6 is 0 Å². The van der Waals surface area contributed by atoms with Crippen LogP contribution in [0.15, 0.2) is 23.6 Å². The molecule has 0 bridgehead atoms. The molecule has 7 heteroatoms. The molecule has 0 radical (unpaired) electrons. The second-order valence-electron chi connectivity index (χ2n) is 5.95. The number of pyridine rings is 1. The van der Waals surface area contributed by atoms with Gasteiger partial charge in [-0.1, -0.05) is 5.16 Å². The average molecular weight is 293 g/mol. The minimum Gasteiger partial charge on any atom is -0.409 e. The highest BCUT2D eigenvalue weighted by atomic mass is 16.4. The van der Waals surface area contributed by atoms with E-state index in [9.17, 15) is 5.11 Å². The number of nitrogens with two attached hydrogens (primary N) is 1. The fourth-order valence-corrected chi connectivity index (χ4v) is 2.60. The Labute approximate surface area is 124 Å². The van der Waals surface area contributed by atoms with Crippen molar-refractivity contribution >= 4 is 11.5 Å². The third-order valence-corrected chi connectivity index (χ3v) is 3.51. The molecule has 1 aromatic rings. The van der Waals surface area contributed by atoms with Crippen molar-refractivity contribution in [1.82, 2.24) is 9.88 Å². The molecule has 1 aromatic heterocycles. The first kappa shape index (κ1) is 15.5. The number of aliphatic hydroxyl groups is 1. The number of rotatable bonds is 4. The molecule has 0 spiro atoms. The summed E-state index contributed by atoms with van der Waals surface area (Å²) in [5.41, 5.74) is 6.58. The molecule has 0 amide bonds. The third kappa shape index (κ3) is 4.05. The van der Waals surface area contributed by atoms with Gasteiger partial charge in [-0.25, -0.2) is 0 Å². The summed E-state index contributed by atoms with van der Waals surface area (Å²) >= 11 is 0. The molecule has 0 saturated carbocycles. The smallest absolute Gasteiger partial charge is 0.172 e. The molecule has 2 heterocycles. The van der Waals surface area contributed by atoms with Crippen LogP contribution in [0.3, 0.4) is 0 Å². The van der Waals surface area contributed by atoms with E-state index in [1.807, 2.05) is 13.8 Å². The van der Waals surface area contributed by atoms with Crippen molar-refractivity contribution in [3.05, 3.63) is 24.0 Å². The van der Waals surface area contributed by atoms with Crippen molar-refractivity contribution in [2.75, 3.05) is 37.6 Å². The molecule has 1 saturated heterocycles. The van der Waals surface area contributed by atoms with Crippen molar-refractivity contribution in [3.63, 3.8) is 0 Å². The summed E-state index contributed by atoms with van der Waals surface area (Å²) in [7, 11) is 0. The number of nitrogens with zero attached hydrogens (tertiary/aromatic N) is 4. The van der Waals surface area contributed by atoms with Crippen LogP contribution in [-0.4, -0.2) is 64.4 Å². The first-order valence-corrected chi connectivity index (χ1v) is 7.02. The molecular weight excluding hydrogens is 270 g/mol. The van der Waals surface area contributed by atoms with E-state index in [2.05, 4.69) is 19.9 Å². The summed E-state index contributed by atoms with van der Waals surface area (Å²) in [6, 6.07) is 1.74. The predicted molar refractivity (Wildman–Crippen MR) is 81.7 cm³/mol. The van der Waals surface area contributed by atoms with E-state index in [0.717, 1.165) is 31.9 Å². The molecule has 0 atom stereocenters. The highest BCUT2D eigenvalue weighted by Crippen LogP contribution is 2.21. The summed E-state index contributed by atoms with van der Waals surface area (Å²) < 4.78 is 0. The van der Waals surface area contributed by atoms with Crippen LogP contribution in [0, 0.1) is 0 Å². The highest BCUT2D eigenvalue weighted by Gasteiger charge is 2.24. The Kier molecular flexibility index (Phi) is 4.64. The molecule has 4 N–H and O–H groups in total. The van der Waals surface area contributed by atoms with Crippen LogP contribution in [0.25, 0.3) is 0 Å². The normalized spacial score (nSPS) is 18.0. The summed E-state index contributed by atoms with van der Waals surface area (Å²) in [5, 5.41) is 21.8. The largest absolute Gasteiger partial charge is 0.409 e. The number of aromatic nitrogens is 1. The zero-order valence-corrected chi connectivity index (χ0v) is 12.5. The monoisotopic (exact) mass is 293 g/mol. The molecule has 116 valence electrons. The fourth-order valence-electron chi connectivity index (χ4n) is 2.60. The lowest BCUT2D eigenvalue weighted by Crippen LogP contribution is -2.50. The van der Waals surface area contributed by atoms with Crippen molar-refractivity contribution in [1.29, 1.82) is 0 Å². The van der Waals surface area contributed by atoms with Crippen molar-refractivity contribution in [3.8, 4) is 0 Å². The molecule has 1 fully saturated rings. The van der Waals surface area contributed by atoms with Gasteiger partial charge < -0.3 is 20.9 Å². The Morgan fingerprint density at radius 1 is 1.38 bits per heavy atom. The maximum Gasteiger partial charge on any atom is 0.172 e. The van der Waals surface area contributed by atoms with Gasteiger partial charge in [-0.15, -0.1) is 0 Å². The molecule has 21 heavy (non-hydrogen) atoms. The Bertz CT molecular complexity index is 504. The Morgan fingerprint density at radius 2 is 2.05 bits per heavy atom. The summed E-state index contributed by atoms with van der Waals surface area (Å²) in [6.07, 6.45) is 3.36. The van der Waals surface area contributed by atoms with Crippen LogP contribution in [-0.2, 0) is 0 Å². The lowest BCUT2D eigenvalue weighted by Gasteiger charge is -2.38. The van der Waals surface area contributed by atoms with Gasteiger partial charge in [0.1, 0.15) is 0 Å². The molecule has 1 aliphatic heterocycles. The van der Waals surface area contributed by atoms with Gasteiger partial charge >= 0.3 is 0 Å². The van der Waals surface area contributed by atoms with Gasteiger partial charge in [0.2, 0.25) is 0 Å². The van der Waals surface area contributed by atoms with E-state index < -0.39 is 5.60 Å². The number of oxime groups is 1. The number of hydrogen-bond donors (Lipinski definition) is 3. The minimum atomic E-state index is -0.685. The van der Waals surface area contributed by atoms with E-state index >= 15 is 0 Å². The summed E-state index contributed by atoms with van der Waals surface area (Å²) in [4.78, 5) is 8.53. The fraction of sp³-hybridized carbons (Fsp3) is 0.571. The van der Waals surface area contributed by atoms with E-state index in [1.165, 1.54) is 0 Å². The van der Waals surface area contributed by atoms with Crippen molar-refractivity contribution in [2.45, 2.75) is 19.4 Å². The second kappa shape index (κ2) is 6.28. The van der Waals surface area contributed by atoms with Crippen molar-refractivity contribution < 1.29 is 10.3 Å². The number of β-amino-alcohol motifs (C(OH)–C–C–N with tert-alkyl or cyclic N) is 1. The number of amidine groups is 1. The average Bonchev–Trinajstić information content (AvgIpc) is 2.45. The van der Waals surface area contributed by atoms with E-state index in [0.29, 0.717) is 12.1 Å². The second-order valence-corrected chi connectivity index (χ2v) is 5.95. The van der Waals surface area contributed by atoms with Crippen molar-refractivity contribution in [2.24, 2.45) is 10.9 Å². The molecule has 0 aromatic carbocycles. The standard InChI is InChI=1S/C14H23N5O2/c1-14(2,20)10-18-5-7-19(8-6-18)12-9-16-4-3-11(12)13(15)17-21/h3-4,9,20-21H,5-8,10H2,1-2H3,(H2,15,17). The lowest BCUT2D eigenvalue weighted by molar-refractivity contribution is 0.0345. The third-order valence-electron chi connectivity index (χ3n) is 3.51. The quantitative estimate of drug-likeness (QED) is 0.314. The van der Waals surface area contributed by atoms with E-state index in [-0.39, 0.29) is 5.84 Å². The molecule has 2 rings (SSSR count). The van der Waals surface area contributed by atoms with Crippen LogP contribution in [0.5, 0.6) is 0 Å². The maximum absolute atomic E-state index is 9.88. The lowest BCUT2D eigenvalue weighted by atomic mass is 10.1. The summed E-state index contributed by atoms with van der Waals surface area (Å²) in [5.74, 6) is 0.0892. The minimum absolute atomic E-state index is 0.0892. The number of hydrogen-bond acceptors (Lipinski definition) is 6. The van der Waals surface area contributed by atoms with Gasteiger partial charge in [0.05, 0.1) is 17.5 Å². The van der Waals surface area contributed by atoms with Crippen LogP contribution in [0.4, 0.5) is 5.69 Å². The zero-order chi connectivity index (χ0) is 15.5. The molecule has 0 unspecified atom stereocenters. The van der Waals surface area contributed by atoms with E-state index in [4.69, 9.17) is 10.9 Å². The highest BCUT2D eigenvalue weighted by molar-refractivity contribution is 6.02. The van der Waals surface area contributed by atoms with Gasteiger partial charge in [-0.2, -0.15) is 0 Å². The first-order chi connectivity index (χ1) is 9.90. The predicted octanol–water partition coefficient (Wildman–Crippen LogP) is 0.0690. The Morgan fingerprint density at radius 3 is 2.62 bits per heavy atom. The van der Waals surface area contributed by atoms with Gasteiger partial charge in [0, 0.05) is 44.5 Å². The number of anilines is 1. The van der Waals surface area contributed by atoms with Gasteiger partial charge in [-0.05, 0) is 19.9 Å². The topological polar surface area (TPSA) is 98.2 Å². The van der Waals surface area contributed by atoms with E-state index in [1.54, 1.807) is 18.5 Å². The first-order valence-electron chi connectivity index (χ1n) is 7.02. The zero-order valence-electron chi connectivity index (χ0n) is 12.5. The molecular formula is C14H23N5O2. The molecule has 0 aliphatic carbocycles. The van der Waals surface area contributed by atoms with Crippen LogP contribution in [0.1, 0.15) is 19.4 Å². The molecule has 1 aliphatic rings.